The van der Waals surface area contributed by atoms with E-state index in [0.29, 0.717) is 28.9 Å². The van der Waals surface area contributed by atoms with Gasteiger partial charge in [-0.05, 0) is 54.8 Å². The van der Waals surface area contributed by atoms with Crippen LogP contribution in [0.15, 0.2) is 76.2 Å². The fraction of sp³-hybridized carbons (Fsp3) is 0.172. The number of thioether (sulfide) groups is 1. The number of hydrogen-bond acceptors (Lipinski definition) is 3. The molecule has 1 aliphatic heterocycles. The van der Waals surface area contributed by atoms with Crippen molar-refractivity contribution in [2.45, 2.75) is 24.6 Å². The molecule has 1 aliphatic rings. The van der Waals surface area contributed by atoms with Gasteiger partial charge in [-0.15, -0.1) is 11.8 Å². The summed E-state index contributed by atoms with van der Waals surface area (Å²) < 4.78 is 25.9. The van der Waals surface area contributed by atoms with Crippen molar-refractivity contribution in [1.29, 1.82) is 5.26 Å². The summed E-state index contributed by atoms with van der Waals surface area (Å²) in [7, 11) is 2.02. The quantitative estimate of drug-likeness (QED) is 0.273. The minimum atomic E-state index is -1.39. The van der Waals surface area contributed by atoms with E-state index in [1.807, 2.05) is 55.7 Å². The maximum atomic E-state index is 10.1. The molecule has 3 heterocycles. The van der Waals surface area contributed by atoms with E-state index in [2.05, 4.69) is 35.8 Å². The fourth-order valence-corrected chi connectivity index (χ4v) is 5.86. The number of aromatic nitrogens is 1. The van der Waals surface area contributed by atoms with E-state index in [9.17, 15) is 5.26 Å². The van der Waals surface area contributed by atoms with Gasteiger partial charge in [0.05, 0.1) is 17.2 Å². The molecule has 0 N–H and O–H groups in total. The van der Waals surface area contributed by atoms with Crippen LogP contribution in [0.5, 0.6) is 0 Å². The van der Waals surface area contributed by atoms with Crippen LogP contribution in [0.4, 0.5) is 0 Å². The van der Waals surface area contributed by atoms with Gasteiger partial charge in [-0.25, -0.2) is 4.57 Å². The number of hydrogen-bond donors (Lipinski definition) is 0. The lowest BCUT2D eigenvalue weighted by molar-refractivity contribution is -0.660. The molecule has 0 fully saturated rings. The third-order valence-corrected chi connectivity index (χ3v) is 7.53. The van der Waals surface area contributed by atoms with Crippen molar-refractivity contribution in [3.8, 4) is 28.5 Å². The molecule has 0 spiro atoms. The predicted molar refractivity (Wildman–Crippen MR) is 134 cm³/mol. The third kappa shape index (κ3) is 3.08. The zero-order valence-electron chi connectivity index (χ0n) is 20.5. The molecule has 33 heavy (non-hydrogen) atoms. The van der Waals surface area contributed by atoms with E-state index >= 15 is 0 Å². The summed E-state index contributed by atoms with van der Waals surface area (Å²) >= 11 is 1.66. The molecule has 0 aliphatic carbocycles. The minimum absolute atomic E-state index is 0.477. The summed E-state index contributed by atoms with van der Waals surface area (Å²) in [5.41, 5.74) is 7.49. The average molecular weight is 450 g/mol. The van der Waals surface area contributed by atoms with Crippen LogP contribution in [-0.4, -0.2) is 5.75 Å². The summed E-state index contributed by atoms with van der Waals surface area (Å²) in [6.45, 7) is 2.09. The molecule has 5 aromatic rings. The SMILES string of the molecule is [2H]C1([2H])CCSc2c(-c3c(C#N)ccc4c3oc3c(-c5cccc[n+]5C)c(C)ccc34)cccc21. The second-order valence-corrected chi connectivity index (χ2v) is 9.47. The van der Waals surface area contributed by atoms with Crippen molar-refractivity contribution >= 4 is 33.7 Å². The molecular formula is C29H23N2OS+. The monoisotopic (exact) mass is 449 g/mol. The lowest BCUT2D eigenvalue weighted by Gasteiger charge is -2.19. The van der Waals surface area contributed by atoms with Crippen molar-refractivity contribution in [3.05, 3.63) is 83.6 Å². The fourth-order valence-electron chi connectivity index (χ4n) is 4.83. The topological polar surface area (TPSA) is 40.8 Å². The van der Waals surface area contributed by atoms with Gasteiger partial charge in [-0.3, -0.25) is 0 Å². The molecule has 4 heteroatoms. The number of pyridine rings is 1. The van der Waals surface area contributed by atoms with Crippen molar-refractivity contribution < 1.29 is 11.7 Å². The number of benzene rings is 3. The van der Waals surface area contributed by atoms with E-state index in [0.717, 1.165) is 49.2 Å². The van der Waals surface area contributed by atoms with Gasteiger partial charge in [0.25, 0.3) is 0 Å². The zero-order valence-corrected chi connectivity index (χ0v) is 19.3. The van der Waals surface area contributed by atoms with Crippen LogP contribution < -0.4 is 4.57 Å². The first-order valence-corrected chi connectivity index (χ1v) is 12.0. The van der Waals surface area contributed by atoms with Gasteiger partial charge in [0.2, 0.25) is 5.69 Å². The van der Waals surface area contributed by atoms with Gasteiger partial charge in [0.15, 0.2) is 6.20 Å². The maximum absolute atomic E-state index is 10.1. The van der Waals surface area contributed by atoms with Crippen molar-refractivity contribution in [2.24, 2.45) is 7.05 Å². The smallest absolute Gasteiger partial charge is 0.216 e. The summed E-state index contributed by atoms with van der Waals surface area (Å²) in [6, 6.07) is 22.2. The first kappa shape index (κ1) is 17.9. The Hall–Kier alpha value is -3.55. The van der Waals surface area contributed by atoms with Crippen LogP contribution in [0.1, 0.15) is 25.9 Å². The zero-order chi connectivity index (χ0) is 24.3. The van der Waals surface area contributed by atoms with Crippen LogP contribution in [0.2, 0.25) is 0 Å². The van der Waals surface area contributed by atoms with E-state index in [-0.39, 0.29) is 0 Å². The first-order valence-electron chi connectivity index (χ1n) is 12.0. The number of nitriles is 1. The Bertz CT molecular complexity index is 1700. The molecule has 160 valence electrons. The molecular weight excluding hydrogens is 424 g/mol. The Kier molecular flexibility index (Phi) is 4.24. The van der Waals surface area contributed by atoms with Crippen LogP contribution in [0.25, 0.3) is 44.3 Å². The molecule has 0 bridgehead atoms. The van der Waals surface area contributed by atoms with Crippen LogP contribution in [0.3, 0.4) is 0 Å². The molecule has 0 radical (unpaired) electrons. The highest BCUT2D eigenvalue weighted by Crippen LogP contribution is 2.45. The summed E-state index contributed by atoms with van der Waals surface area (Å²) in [5, 5.41) is 12.0. The molecule has 2 aromatic heterocycles. The molecule has 0 saturated carbocycles. The molecule has 6 rings (SSSR count). The van der Waals surface area contributed by atoms with Gasteiger partial charge < -0.3 is 4.42 Å². The Labute approximate surface area is 200 Å². The summed E-state index contributed by atoms with van der Waals surface area (Å²) in [6.07, 6.45) is 1.11. The molecule has 0 atom stereocenters. The number of fused-ring (bicyclic) bond motifs is 4. The van der Waals surface area contributed by atoms with Gasteiger partial charge in [-0.1, -0.05) is 30.3 Å². The Morgan fingerprint density at radius 2 is 1.82 bits per heavy atom. The van der Waals surface area contributed by atoms with E-state index in [1.54, 1.807) is 11.8 Å². The predicted octanol–water partition coefficient (Wildman–Crippen LogP) is 6.96. The summed E-state index contributed by atoms with van der Waals surface area (Å²) in [5.74, 6) is 0.697. The average Bonchev–Trinajstić information content (AvgIpc) is 3.22. The summed E-state index contributed by atoms with van der Waals surface area (Å²) in [4.78, 5) is 0.902. The van der Waals surface area contributed by atoms with Crippen molar-refractivity contribution in [1.82, 2.24) is 0 Å². The lowest BCUT2D eigenvalue weighted by atomic mass is 9.94. The van der Waals surface area contributed by atoms with Gasteiger partial charge >= 0.3 is 0 Å². The first-order chi connectivity index (χ1) is 16.9. The third-order valence-electron chi connectivity index (χ3n) is 6.40. The molecule has 0 saturated heterocycles. The Morgan fingerprint density at radius 1 is 1.00 bits per heavy atom. The van der Waals surface area contributed by atoms with Crippen LogP contribution in [-0.2, 0) is 13.4 Å². The Balaban J connectivity index is 1.73. The highest BCUT2D eigenvalue weighted by molar-refractivity contribution is 7.99. The Morgan fingerprint density at radius 3 is 2.64 bits per heavy atom. The second kappa shape index (κ2) is 7.79. The highest BCUT2D eigenvalue weighted by atomic mass is 32.2. The number of aryl methyl sites for hydroxylation is 3. The second-order valence-electron chi connectivity index (χ2n) is 8.37. The van der Waals surface area contributed by atoms with Gasteiger partial charge in [0, 0.05) is 41.7 Å². The number of rotatable bonds is 2. The number of nitrogens with zero attached hydrogens (tertiary/aromatic N) is 2. The van der Waals surface area contributed by atoms with E-state index < -0.39 is 6.37 Å². The normalized spacial score (nSPS) is 15.7. The van der Waals surface area contributed by atoms with Crippen molar-refractivity contribution in [3.63, 3.8) is 0 Å². The molecule has 0 amide bonds. The van der Waals surface area contributed by atoms with E-state index in [4.69, 9.17) is 7.16 Å². The van der Waals surface area contributed by atoms with Gasteiger partial charge in [-0.2, -0.15) is 5.26 Å². The number of furan rings is 1. The van der Waals surface area contributed by atoms with Gasteiger partial charge in [0.1, 0.15) is 18.2 Å². The van der Waals surface area contributed by atoms with E-state index in [1.165, 1.54) is 0 Å². The largest absolute Gasteiger partial charge is 0.454 e. The maximum Gasteiger partial charge on any atom is 0.216 e. The molecule has 0 unspecified atom stereocenters. The standard InChI is InChI=1S/C29H23N2OS/c1-18-11-13-21-22-14-12-20(17-30)26(23-9-5-7-19-8-6-16-33-29(19)23)28(22)32-27(21)25(18)24-10-3-4-15-31(24)2/h3-5,7,9-15H,6,8,16H2,1-2H3/q+1/i8D2. The van der Waals surface area contributed by atoms with Crippen LogP contribution >= 0.6 is 11.8 Å². The molecule has 3 aromatic carbocycles. The lowest BCUT2D eigenvalue weighted by Crippen LogP contribution is -2.30. The van der Waals surface area contributed by atoms with Crippen LogP contribution in [0, 0.1) is 18.3 Å². The highest BCUT2D eigenvalue weighted by Gasteiger charge is 2.24. The molecule has 3 nitrogen and oxygen atoms in total. The van der Waals surface area contributed by atoms with Crippen molar-refractivity contribution in [2.75, 3.05) is 5.75 Å². The minimum Gasteiger partial charge on any atom is -0.454 e.